The zero-order valence-electron chi connectivity index (χ0n) is 10.6. The van der Waals surface area contributed by atoms with Crippen molar-refractivity contribution >= 4 is 0 Å². The second-order valence-electron chi connectivity index (χ2n) is 4.84. The molecule has 1 unspecified atom stereocenters. The summed E-state index contributed by atoms with van der Waals surface area (Å²) < 4.78 is 2.15. The summed E-state index contributed by atoms with van der Waals surface area (Å²) in [5.74, 6) is 0. The molecule has 2 aromatic heterocycles. The van der Waals surface area contributed by atoms with Crippen molar-refractivity contribution in [3.63, 3.8) is 0 Å². The van der Waals surface area contributed by atoms with E-state index in [1.165, 1.54) is 17.0 Å². The lowest BCUT2D eigenvalue weighted by Gasteiger charge is -2.25. The Morgan fingerprint density at radius 3 is 3.06 bits per heavy atom. The normalized spacial score (nSPS) is 18.6. The first-order chi connectivity index (χ1) is 8.84. The van der Waals surface area contributed by atoms with Crippen molar-refractivity contribution in [1.29, 1.82) is 0 Å². The molecule has 0 fully saturated rings. The maximum absolute atomic E-state index is 4.47. The van der Waals surface area contributed by atoms with Crippen molar-refractivity contribution in [1.82, 2.24) is 19.9 Å². The van der Waals surface area contributed by atoms with Gasteiger partial charge in [0.2, 0.25) is 0 Å². The van der Waals surface area contributed by atoms with Crippen LogP contribution in [-0.2, 0) is 19.9 Å². The highest BCUT2D eigenvalue weighted by molar-refractivity contribution is 5.21. The van der Waals surface area contributed by atoms with Crippen LogP contribution in [0.5, 0.6) is 0 Å². The van der Waals surface area contributed by atoms with E-state index in [4.69, 9.17) is 0 Å². The van der Waals surface area contributed by atoms with Crippen LogP contribution in [0.1, 0.15) is 29.4 Å². The van der Waals surface area contributed by atoms with Crippen LogP contribution in [0, 0.1) is 0 Å². The summed E-state index contributed by atoms with van der Waals surface area (Å²) >= 11 is 0. The molecule has 0 saturated carbocycles. The summed E-state index contributed by atoms with van der Waals surface area (Å²) in [6.45, 7) is 1.03. The molecule has 0 saturated heterocycles. The standard InChI is InChI=1S/C14H18N4/c1-18-10-17-13-6-9-16-12(14(13)18)3-2-11-4-7-15-8-5-11/h4-5,7-8,10,12,16H,2-3,6,9H2,1H3. The number of rotatable bonds is 3. The number of aromatic nitrogens is 3. The van der Waals surface area contributed by atoms with Crippen LogP contribution in [-0.4, -0.2) is 21.1 Å². The highest BCUT2D eigenvalue weighted by Crippen LogP contribution is 2.25. The minimum absolute atomic E-state index is 0.425. The van der Waals surface area contributed by atoms with Gasteiger partial charge in [0.25, 0.3) is 0 Å². The third-order valence-corrected chi connectivity index (χ3v) is 3.62. The Balaban J connectivity index is 1.73. The fraction of sp³-hybridized carbons (Fsp3) is 0.429. The Bertz CT molecular complexity index is 518. The molecule has 4 nitrogen and oxygen atoms in total. The minimum Gasteiger partial charge on any atom is -0.336 e. The average molecular weight is 242 g/mol. The predicted octanol–water partition coefficient (Wildman–Crippen LogP) is 1.63. The first-order valence-corrected chi connectivity index (χ1v) is 6.47. The smallest absolute Gasteiger partial charge is 0.0949 e. The van der Waals surface area contributed by atoms with Crippen molar-refractivity contribution in [3.8, 4) is 0 Å². The molecule has 0 bridgehead atoms. The Morgan fingerprint density at radius 2 is 2.22 bits per heavy atom. The van der Waals surface area contributed by atoms with E-state index >= 15 is 0 Å². The molecule has 18 heavy (non-hydrogen) atoms. The van der Waals surface area contributed by atoms with Crippen molar-refractivity contribution in [2.45, 2.75) is 25.3 Å². The van der Waals surface area contributed by atoms with Gasteiger partial charge in [0.15, 0.2) is 0 Å². The van der Waals surface area contributed by atoms with Gasteiger partial charge in [0, 0.05) is 38.4 Å². The van der Waals surface area contributed by atoms with E-state index in [-0.39, 0.29) is 0 Å². The molecule has 0 amide bonds. The Morgan fingerprint density at radius 1 is 1.39 bits per heavy atom. The third kappa shape index (κ3) is 2.16. The van der Waals surface area contributed by atoms with Crippen molar-refractivity contribution in [2.75, 3.05) is 6.54 Å². The largest absolute Gasteiger partial charge is 0.336 e. The Labute approximate surface area is 107 Å². The van der Waals surface area contributed by atoms with Crippen molar-refractivity contribution in [2.24, 2.45) is 7.05 Å². The van der Waals surface area contributed by atoms with E-state index in [0.717, 1.165) is 25.8 Å². The topological polar surface area (TPSA) is 42.7 Å². The second-order valence-corrected chi connectivity index (χ2v) is 4.84. The summed E-state index contributed by atoms with van der Waals surface area (Å²) in [5, 5.41) is 3.60. The van der Waals surface area contributed by atoms with Crippen LogP contribution in [0.3, 0.4) is 0 Å². The molecule has 1 N–H and O–H groups in total. The lowest BCUT2D eigenvalue weighted by molar-refractivity contribution is 0.451. The molecule has 1 aliphatic rings. The van der Waals surface area contributed by atoms with Gasteiger partial charge < -0.3 is 9.88 Å². The van der Waals surface area contributed by atoms with Crippen molar-refractivity contribution in [3.05, 3.63) is 47.8 Å². The zero-order chi connectivity index (χ0) is 12.4. The first-order valence-electron chi connectivity index (χ1n) is 6.47. The van der Waals surface area contributed by atoms with Crippen LogP contribution < -0.4 is 5.32 Å². The van der Waals surface area contributed by atoms with Crippen LogP contribution in [0.4, 0.5) is 0 Å². The first kappa shape index (κ1) is 11.4. The molecule has 0 aliphatic carbocycles. The number of fused-ring (bicyclic) bond motifs is 1. The predicted molar refractivity (Wildman–Crippen MR) is 70.2 cm³/mol. The molecule has 94 valence electrons. The van der Waals surface area contributed by atoms with Gasteiger partial charge in [0.05, 0.1) is 17.7 Å². The monoisotopic (exact) mass is 242 g/mol. The summed E-state index contributed by atoms with van der Waals surface area (Å²) in [6.07, 6.45) is 8.87. The van der Waals surface area contributed by atoms with Gasteiger partial charge in [0.1, 0.15) is 0 Å². The molecule has 0 aromatic carbocycles. The summed E-state index contributed by atoms with van der Waals surface area (Å²) in [7, 11) is 2.08. The van der Waals surface area contributed by atoms with Gasteiger partial charge >= 0.3 is 0 Å². The molecule has 0 radical (unpaired) electrons. The Hall–Kier alpha value is -1.68. The maximum atomic E-state index is 4.47. The second kappa shape index (κ2) is 4.90. The Kier molecular flexibility index (Phi) is 3.11. The molecule has 4 heteroatoms. The summed E-state index contributed by atoms with van der Waals surface area (Å²) in [5.41, 5.74) is 3.97. The molecule has 3 rings (SSSR count). The summed E-state index contributed by atoms with van der Waals surface area (Å²) in [6, 6.07) is 4.61. The number of nitrogens with zero attached hydrogens (tertiary/aromatic N) is 3. The van der Waals surface area contributed by atoms with Gasteiger partial charge in [-0.3, -0.25) is 4.98 Å². The van der Waals surface area contributed by atoms with Gasteiger partial charge in [-0.1, -0.05) is 0 Å². The highest BCUT2D eigenvalue weighted by Gasteiger charge is 2.23. The van der Waals surface area contributed by atoms with Gasteiger partial charge in [-0.25, -0.2) is 4.98 Å². The number of nitrogens with one attached hydrogen (secondary N) is 1. The number of pyridine rings is 1. The van der Waals surface area contributed by atoms with E-state index in [0.29, 0.717) is 6.04 Å². The van der Waals surface area contributed by atoms with E-state index in [2.05, 4.69) is 39.0 Å². The highest BCUT2D eigenvalue weighted by atomic mass is 15.1. The number of aryl methyl sites for hydroxylation is 2. The lowest BCUT2D eigenvalue weighted by atomic mass is 9.98. The van der Waals surface area contributed by atoms with Crippen molar-refractivity contribution < 1.29 is 0 Å². The maximum Gasteiger partial charge on any atom is 0.0949 e. The molecule has 2 aromatic rings. The van der Waals surface area contributed by atoms with Gasteiger partial charge in [-0.05, 0) is 30.5 Å². The van der Waals surface area contributed by atoms with E-state index in [9.17, 15) is 0 Å². The van der Waals surface area contributed by atoms with Crippen LogP contribution in [0.25, 0.3) is 0 Å². The van der Waals surface area contributed by atoms with Crippen LogP contribution >= 0.6 is 0 Å². The third-order valence-electron chi connectivity index (χ3n) is 3.62. The molecule has 3 heterocycles. The fourth-order valence-electron chi connectivity index (χ4n) is 2.69. The lowest BCUT2D eigenvalue weighted by Crippen LogP contribution is -2.31. The van der Waals surface area contributed by atoms with E-state index < -0.39 is 0 Å². The number of hydrogen-bond acceptors (Lipinski definition) is 3. The quantitative estimate of drug-likeness (QED) is 0.889. The van der Waals surface area contributed by atoms with Crippen LogP contribution in [0.2, 0.25) is 0 Å². The molecule has 0 spiro atoms. The number of hydrogen-bond donors (Lipinski definition) is 1. The average Bonchev–Trinajstić information content (AvgIpc) is 2.80. The molecular weight excluding hydrogens is 224 g/mol. The minimum atomic E-state index is 0.425. The zero-order valence-corrected chi connectivity index (χ0v) is 10.6. The van der Waals surface area contributed by atoms with Crippen LogP contribution in [0.15, 0.2) is 30.9 Å². The number of imidazole rings is 1. The summed E-state index contributed by atoms with van der Waals surface area (Å²) in [4.78, 5) is 8.53. The molecule has 1 aliphatic heterocycles. The molecular formula is C14H18N4. The SMILES string of the molecule is Cn1cnc2c1C(CCc1ccncc1)NCC2. The van der Waals surface area contributed by atoms with Gasteiger partial charge in [-0.2, -0.15) is 0 Å². The van der Waals surface area contributed by atoms with Gasteiger partial charge in [-0.15, -0.1) is 0 Å². The molecule has 1 atom stereocenters. The fourth-order valence-corrected chi connectivity index (χ4v) is 2.69. The van der Waals surface area contributed by atoms with E-state index in [1.54, 1.807) is 0 Å². The van der Waals surface area contributed by atoms with E-state index in [1.807, 2.05) is 18.7 Å².